The Kier molecular flexibility index (Phi) is 11.2. The van der Waals surface area contributed by atoms with Crippen molar-refractivity contribution < 1.29 is 22.7 Å². The molecule has 11 heteroatoms. The van der Waals surface area contributed by atoms with Crippen LogP contribution in [0.5, 0.6) is 5.75 Å². The highest BCUT2D eigenvalue weighted by molar-refractivity contribution is 7.92. The van der Waals surface area contributed by atoms with Gasteiger partial charge in [0.25, 0.3) is 10.0 Å². The number of carbonyl (C=O) groups excluding carboxylic acids is 2. The molecule has 0 radical (unpaired) electrons. The lowest BCUT2D eigenvalue weighted by atomic mass is 10.1. The molecule has 0 heterocycles. The van der Waals surface area contributed by atoms with Gasteiger partial charge in [0.2, 0.25) is 11.8 Å². The largest absolute Gasteiger partial charge is 0.495 e. The van der Waals surface area contributed by atoms with Gasteiger partial charge in [-0.05, 0) is 80.6 Å². The molecule has 2 amide bonds. The Morgan fingerprint density at radius 2 is 1.61 bits per heavy atom. The molecule has 8 nitrogen and oxygen atoms in total. The van der Waals surface area contributed by atoms with Crippen LogP contribution in [0, 0.1) is 13.8 Å². The van der Waals surface area contributed by atoms with Gasteiger partial charge in [-0.2, -0.15) is 0 Å². The summed E-state index contributed by atoms with van der Waals surface area (Å²) in [5.74, 6) is -0.529. The Morgan fingerprint density at radius 1 is 0.955 bits per heavy atom. The molecule has 0 unspecified atom stereocenters. The van der Waals surface area contributed by atoms with Gasteiger partial charge < -0.3 is 15.0 Å². The van der Waals surface area contributed by atoms with Crippen LogP contribution in [-0.4, -0.2) is 50.9 Å². The van der Waals surface area contributed by atoms with Crippen LogP contribution in [0.4, 0.5) is 5.69 Å². The number of methoxy groups -OCH3 is 1. The van der Waals surface area contributed by atoms with Crippen molar-refractivity contribution in [1.82, 2.24) is 10.2 Å². The summed E-state index contributed by atoms with van der Waals surface area (Å²) in [7, 11) is -2.79. The summed E-state index contributed by atoms with van der Waals surface area (Å²) in [5.41, 5.74) is 2.55. The van der Waals surface area contributed by atoms with Crippen LogP contribution in [0.1, 0.15) is 55.7 Å². The van der Waals surface area contributed by atoms with Crippen LogP contribution in [-0.2, 0) is 26.2 Å². The molecule has 0 saturated heterocycles. The molecule has 0 bridgehead atoms. The number of hydrogen-bond acceptors (Lipinski definition) is 5. The molecule has 1 atom stereocenters. The minimum absolute atomic E-state index is 0.0235. The number of sulfonamides is 1. The van der Waals surface area contributed by atoms with E-state index in [4.69, 9.17) is 27.9 Å². The Labute approximate surface area is 270 Å². The molecule has 3 aromatic rings. The highest BCUT2D eigenvalue weighted by Gasteiger charge is 2.35. The number of nitrogens with one attached hydrogen (secondary N) is 1. The number of amides is 2. The zero-order valence-electron chi connectivity index (χ0n) is 25.5. The molecule has 4 rings (SSSR count). The molecule has 236 valence electrons. The monoisotopic (exact) mass is 659 g/mol. The lowest BCUT2D eigenvalue weighted by Crippen LogP contribution is -2.53. The summed E-state index contributed by atoms with van der Waals surface area (Å²) in [6.07, 6.45) is 4.18. The van der Waals surface area contributed by atoms with Crippen molar-refractivity contribution in [2.24, 2.45) is 0 Å². The van der Waals surface area contributed by atoms with Crippen LogP contribution >= 0.6 is 23.2 Å². The second-order valence-electron chi connectivity index (χ2n) is 11.2. The van der Waals surface area contributed by atoms with Crippen molar-refractivity contribution >= 4 is 50.7 Å². The van der Waals surface area contributed by atoms with Crippen LogP contribution in [0.25, 0.3) is 0 Å². The first-order chi connectivity index (χ1) is 20.9. The third-order valence-electron chi connectivity index (χ3n) is 7.92. The third-order valence-corrected chi connectivity index (χ3v) is 10.4. The normalized spacial score (nSPS) is 14.2. The summed E-state index contributed by atoms with van der Waals surface area (Å²) < 4.78 is 35.0. The third kappa shape index (κ3) is 7.86. The highest BCUT2D eigenvalue weighted by atomic mass is 35.5. The predicted molar refractivity (Wildman–Crippen MR) is 175 cm³/mol. The zero-order chi connectivity index (χ0) is 32.0. The van der Waals surface area contributed by atoms with E-state index in [9.17, 15) is 18.0 Å². The number of aryl methyl sites for hydroxylation is 2. The Balaban J connectivity index is 1.78. The van der Waals surface area contributed by atoms with Crippen molar-refractivity contribution in [3.63, 3.8) is 0 Å². The van der Waals surface area contributed by atoms with Crippen molar-refractivity contribution in [1.29, 1.82) is 0 Å². The molecular formula is C33H39Cl2N3O5S. The lowest BCUT2D eigenvalue weighted by Gasteiger charge is -2.34. The number of carbonyl (C=O) groups is 2. The van der Waals surface area contributed by atoms with Crippen LogP contribution in [0.3, 0.4) is 0 Å². The number of ether oxygens (including phenoxy) is 1. The fourth-order valence-corrected chi connectivity index (χ4v) is 7.20. The first kappa shape index (κ1) is 33.6. The van der Waals surface area contributed by atoms with E-state index in [2.05, 4.69) is 5.32 Å². The fraction of sp³-hybridized carbons (Fsp3) is 0.394. The number of hydrogen-bond donors (Lipinski definition) is 1. The number of anilines is 1. The van der Waals surface area contributed by atoms with Gasteiger partial charge in [0, 0.05) is 12.6 Å². The van der Waals surface area contributed by atoms with E-state index in [-0.39, 0.29) is 29.1 Å². The number of nitrogens with zero attached hydrogens (tertiary/aromatic N) is 2. The molecule has 44 heavy (non-hydrogen) atoms. The molecule has 1 saturated carbocycles. The fourth-order valence-electron chi connectivity index (χ4n) is 5.47. The molecule has 1 fully saturated rings. The van der Waals surface area contributed by atoms with Crippen molar-refractivity contribution in [2.45, 2.75) is 76.4 Å². The van der Waals surface area contributed by atoms with Gasteiger partial charge in [-0.3, -0.25) is 13.9 Å². The van der Waals surface area contributed by atoms with Gasteiger partial charge in [-0.25, -0.2) is 8.42 Å². The average Bonchev–Trinajstić information content (AvgIpc) is 3.50. The zero-order valence-corrected chi connectivity index (χ0v) is 27.8. The Morgan fingerprint density at radius 3 is 2.23 bits per heavy atom. The number of halogens is 2. The maximum Gasteiger partial charge on any atom is 0.264 e. The van der Waals surface area contributed by atoms with Gasteiger partial charge in [0.15, 0.2) is 0 Å². The van der Waals surface area contributed by atoms with Crippen molar-refractivity contribution in [2.75, 3.05) is 18.0 Å². The van der Waals surface area contributed by atoms with Gasteiger partial charge in [0.05, 0.1) is 27.7 Å². The topological polar surface area (TPSA) is 96.0 Å². The summed E-state index contributed by atoms with van der Waals surface area (Å²) >= 11 is 12.5. The first-order valence-corrected chi connectivity index (χ1v) is 16.9. The van der Waals surface area contributed by atoms with Crippen LogP contribution in [0.15, 0.2) is 65.6 Å². The van der Waals surface area contributed by atoms with E-state index in [1.54, 1.807) is 48.5 Å². The van der Waals surface area contributed by atoms with Crippen LogP contribution in [0.2, 0.25) is 10.0 Å². The van der Waals surface area contributed by atoms with Crippen molar-refractivity contribution in [3.05, 3.63) is 87.4 Å². The van der Waals surface area contributed by atoms with E-state index in [1.807, 2.05) is 20.8 Å². The van der Waals surface area contributed by atoms with Gasteiger partial charge >= 0.3 is 0 Å². The standard InChI is InChI=1S/C33H39Cl2N3O5S/c1-5-29(33(40)36-25-8-6-7-9-25)37(20-24-13-16-27(34)28(35)19-24)32(39)21-38(30-18-23(3)12-17-31(30)43-4)44(41,42)26-14-10-22(2)11-15-26/h10-19,25,29H,5-9,20-21H2,1-4H3,(H,36,40)/t29-/m0/s1. The second kappa shape index (κ2) is 14.7. The maximum atomic E-state index is 14.4. The Bertz CT molecular complexity index is 1590. The molecular weight excluding hydrogens is 621 g/mol. The number of benzene rings is 3. The quantitative estimate of drug-likeness (QED) is 0.234. The predicted octanol–water partition coefficient (Wildman–Crippen LogP) is 6.68. The lowest BCUT2D eigenvalue weighted by molar-refractivity contribution is -0.140. The first-order valence-electron chi connectivity index (χ1n) is 14.7. The van der Waals surface area contributed by atoms with E-state index in [0.29, 0.717) is 27.8 Å². The summed E-state index contributed by atoms with van der Waals surface area (Å²) in [6, 6.07) is 15.8. The summed E-state index contributed by atoms with van der Waals surface area (Å²) in [4.78, 5) is 29.5. The van der Waals surface area contributed by atoms with E-state index >= 15 is 0 Å². The summed E-state index contributed by atoms with van der Waals surface area (Å²) in [5, 5.41) is 3.79. The molecule has 3 aromatic carbocycles. The minimum atomic E-state index is -4.24. The average molecular weight is 661 g/mol. The summed E-state index contributed by atoms with van der Waals surface area (Å²) in [6.45, 7) is 4.99. The molecule has 0 aliphatic heterocycles. The SMILES string of the molecule is CC[C@@H](C(=O)NC1CCCC1)N(Cc1ccc(Cl)c(Cl)c1)C(=O)CN(c1cc(C)ccc1OC)S(=O)(=O)c1ccc(C)cc1. The molecule has 1 aliphatic carbocycles. The molecule has 0 aromatic heterocycles. The van der Waals surface area contributed by atoms with Gasteiger partial charge in [-0.15, -0.1) is 0 Å². The van der Waals surface area contributed by atoms with Crippen LogP contribution < -0.4 is 14.4 Å². The molecule has 0 spiro atoms. The molecule has 1 aliphatic rings. The van der Waals surface area contributed by atoms with E-state index < -0.39 is 28.5 Å². The smallest absolute Gasteiger partial charge is 0.264 e. The Hall–Kier alpha value is -3.27. The van der Waals surface area contributed by atoms with E-state index in [0.717, 1.165) is 41.1 Å². The number of rotatable bonds is 12. The molecule has 1 N–H and O–H groups in total. The minimum Gasteiger partial charge on any atom is -0.495 e. The van der Waals surface area contributed by atoms with Crippen molar-refractivity contribution in [3.8, 4) is 5.75 Å². The van der Waals surface area contributed by atoms with Gasteiger partial charge in [-0.1, -0.05) is 72.8 Å². The highest BCUT2D eigenvalue weighted by Crippen LogP contribution is 2.34. The van der Waals surface area contributed by atoms with Gasteiger partial charge in [0.1, 0.15) is 18.3 Å². The maximum absolute atomic E-state index is 14.4. The van der Waals surface area contributed by atoms with E-state index in [1.165, 1.54) is 24.1 Å². The second-order valence-corrected chi connectivity index (χ2v) is 13.9.